The van der Waals surface area contributed by atoms with Crippen LogP contribution in [0.5, 0.6) is 11.5 Å². The van der Waals surface area contributed by atoms with Crippen LogP contribution < -0.4 is 9.64 Å². The third-order valence-electron chi connectivity index (χ3n) is 7.70. The molecule has 194 valence electrons. The third-order valence-corrected chi connectivity index (χ3v) is 7.70. The van der Waals surface area contributed by atoms with Crippen LogP contribution in [0.3, 0.4) is 0 Å². The fraction of sp³-hybridized carbons (Fsp3) is 0.0270. The summed E-state index contributed by atoms with van der Waals surface area (Å²) in [5.74, 6) is 1.26. The Hall–Kier alpha value is -5.66. The first-order valence-corrected chi connectivity index (χ1v) is 13.5. The van der Waals surface area contributed by atoms with Gasteiger partial charge in [-0.05, 0) is 58.7 Å². The highest BCUT2D eigenvalue weighted by Gasteiger charge is 2.46. The zero-order chi connectivity index (χ0) is 27.6. The second-order valence-electron chi connectivity index (χ2n) is 9.91. The van der Waals surface area contributed by atoms with Crippen LogP contribution in [-0.4, -0.2) is 4.98 Å². The monoisotopic (exact) mass is 527 g/mol. The van der Waals surface area contributed by atoms with E-state index in [1.165, 1.54) is 22.3 Å². The van der Waals surface area contributed by atoms with Crippen molar-refractivity contribution in [3.8, 4) is 17.6 Å². The van der Waals surface area contributed by atoms with Crippen molar-refractivity contribution < 1.29 is 4.74 Å². The summed E-state index contributed by atoms with van der Waals surface area (Å²) in [4.78, 5) is 6.49. The molecular weight excluding hydrogens is 502 g/mol. The van der Waals surface area contributed by atoms with Crippen LogP contribution in [0.1, 0.15) is 27.9 Å². The quantitative estimate of drug-likeness (QED) is 0.224. The van der Waals surface area contributed by atoms with Crippen molar-refractivity contribution >= 4 is 17.1 Å². The molecule has 1 aliphatic rings. The normalized spacial score (nSPS) is 13.0. The van der Waals surface area contributed by atoms with Gasteiger partial charge in [0, 0.05) is 0 Å². The maximum absolute atomic E-state index is 9.17. The number of aromatic nitrogens is 1. The number of benzene rings is 5. The van der Waals surface area contributed by atoms with E-state index in [0.29, 0.717) is 17.2 Å². The van der Waals surface area contributed by atoms with E-state index >= 15 is 0 Å². The Balaban J connectivity index is 1.49. The summed E-state index contributed by atoms with van der Waals surface area (Å²) >= 11 is 0. The molecule has 1 aromatic heterocycles. The van der Waals surface area contributed by atoms with E-state index in [-0.39, 0.29) is 0 Å². The zero-order valence-corrected chi connectivity index (χ0v) is 22.2. The van der Waals surface area contributed by atoms with Crippen molar-refractivity contribution in [1.29, 1.82) is 5.26 Å². The molecule has 0 spiro atoms. The summed E-state index contributed by atoms with van der Waals surface area (Å²) in [6.07, 6.45) is 1.59. The minimum absolute atomic E-state index is 0.350. The fourth-order valence-corrected chi connectivity index (χ4v) is 6.03. The van der Waals surface area contributed by atoms with Gasteiger partial charge in [-0.1, -0.05) is 109 Å². The van der Waals surface area contributed by atoms with Crippen LogP contribution in [0, 0.1) is 11.3 Å². The zero-order valence-electron chi connectivity index (χ0n) is 22.2. The van der Waals surface area contributed by atoms with E-state index in [0.717, 1.165) is 17.1 Å². The number of nitriles is 1. The standard InChI is InChI=1S/C37H25N3O/c38-25-29-23-24-30(26-39-29)41-36-22-12-11-21-35(36)40-33-19-9-7-17-31(33)37(27-13-3-1-4-14-27,28-15-5-2-6-16-28)32-18-8-10-20-34(32)40/h1-24,26H. The van der Waals surface area contributed by atoms with Crippen LogP contribution >= 0.6 is 0 Å². The first-order chi connectivity index (χ1) is 20.3. The van der Waals surface area contributed by atoms with Crippen LogP contribution in [0.4, 0.5) is 17.1 Å². The lowest BCUT2D eigenvalue weighted by Crippen LogP contribution is -2.37. The Morgan fingerprint density at radius 2 is 1.07 bits per heavy atom. The van der Waals surface area contributed by atoms with Gasteiger partial charge in [-0.3, -0.25) is 0 Å². The lowest BCUT2D eigenvalue weighted by Gasteiger charge is -2.46. The minimum atomic E-state index is -0.529. The molecule has 0 fully saturated rings. The van der Waals surface area contributed by atoms with Crippen molar-refractivity contribution in [1.82, 2.24) is 4.98 Å². The van der Waals surface area contributed by atoms with Gasteiger partial charge in [0.1, 0.15) is 17.5 Å². The Bertz CT molecular complexity index is 1790. The number of hydrogen-bond acceptors (Lipinski definition) is 4. The molecule has 4 heteroatoms. The molecule has 0 aliphatic carbocycles. The largest absolute Gasteiger partial charge is 0.454 e. The van der Waals surface area contributed by atoms with E-state index in [1.54, 1.807) is 18.3 Å². The molecular formula is C37H25N3O. The highest BCUT2D eigenvalue weighted by molar-refractivity contribution is 5.91. The lowest BCUT2D eigenvalue weighted by molar-refractivity contribution is 0.481. The van der Waals surface area contributed by atoms with Gasteiger partial charge in [0.25, 0.3) is 0 Å². The van der Waals surface area contributed by atoms with Gasteiger partial charge in [-0.25, -0.2) is 4.98 Å². The topological polar surface area (TPSA) is 49.1 Å². The van der Waals surface area contributed by atoms with Crippen LogP contribution in [-0.2, 0) is 5.41 Å². The molecule has 0 N–H and O–H groups in total. The van der Waals surface area contributed by atoms with E-state index in [1.807, 2.05) is 18.2 Å². The van der Waals surface area contributed by atoms with Crippen molar-refractivity contribution in [3.63, 3.8) is 0 Å². The van der Waals surface area contributed by atoms with Crippen molar-refractivity contribution in [2.75, 3.05) is 4.90 Å². The summed E-state index contributed by atoms with van der Waals surface area (Å²) in [6.45, 7) is 0. The number of hydrogen-bond donors (Lipinski definition) is 0. The van der Waals surface area contributed by atoms with Crippen molar-refractivity contribution in [2.24, 2.45) is 0 Å². The van der Waals surface area contributed by atoms with Crippen molar-refractivity contribution in [3.05, 3.63) is 180 Å². The number of rotatable bonds is 5. The predicted molar refractivity (Wildman–Crippen MR) is 162 cm³/mol. The summed E-state index contributed by atoms with van der Waals surface area (Å²) in [5.41, 5.74) is 7.67. The van der Waals surface area contributed by atoms with Gasteiger partial charge in [0.15, 0.2) is 5.75 Å². The highest BCUT2D eigenvalue weighted by atomic mass is 16.5. The Kier molecular flexibility index (Phi) is 6.03. The maximum Gasteiger partial charge on any atom is 0.151 e. The summed E-state index contributed by atoms with van der Waals surface area (Å²) in [7, 11) is 0. The number of fused-ring (bicyclic) bond motifs is 2. The highest BCUT2D eigenvalue weighted by Crippen LogP contribution is 2.58. The molecule has 6 aromatic rings. The second-order valence-corrected chi connectivity index (χ2v) is 9.91. The van der Waals surface area contributed by atoms with Gasteiger partial charge >= 0.3 is 0 Å². The number of nitrogens with zero attached hydrogens (tertiary/aromatic N) is 3. The maximum atomic E-state index is 9.17. The van der Waals surface area contributed by atoms with E-state index in [4.69, 9.17) is 10.00 Å². The summed E-state index contributed by atoms with van der Waals surface area (Å²) in [6, 6.07) is 52.3. The Labute approximate surface area is 239 Å². The van der Waals surface area contributed by atoms with Crippen LogP contribution in [0.2, 0.25) is 0 Å². The average molecular weight is 528 g/mol. The predicted octanol–water partition coefficient (Wildman–Crippen LogP) is 8.91. The molecule has 0 atom stereocenters. The third kappa shape index (κ3) is 3.95. The smallest absolute Gasteiger partial charge is 0.151 e. The Morgan fingerprint density at radius 3 is 1.61 bits per heavy atom. The first-order valence-electron chi connectivity index (χ1n) is 13.5. The molecule has 41 heavy (non-hydrogen) atoms. The van der Waals surface area contributed by atoms with Gasteiger partial charge in [0.05, 0.1) is 28.7 Å². The SMILES string of the molecule is N#Cc1ccc(Oc2ccccc2N2c3ccccc3C(c3ccccc3)(c3ccccc3)c3ccccc32)cn1. The summed E-state index contributed by atoms with van der Waals surface area (Å²) in [5, 5.41) is 9.17. The number of pyridine rings is 1. The number of anilines is 3. The van der Waals surface area contributed by atoms with Crippen molar-refractivity contribution in [2.45, 2.75) is 5.41 Å². The van der Waals surface area contributed by atoms with E-state index in [9.17, 15) is 0 Å². The number of ether oxygens (including phenoxy) is 1. The van der Waals surface area contributed by atoms with Crippen LogP contribution in [0.15, 0.2) is 152 Å². The molecule has 0 unspecified atom stereocenters. The molecule has 1 aliphatic heterocycles. The average Bonchev–Trinajstić information content (AvgIpc) is 3.05. The van der Waals surface area contributed by atoms with E-state index < -0.39 is 5.41 Å². The molecule has 0 saturated carbocycles. The van der Waals surface area contributed by atoms with Gasteiger partial charge in [-0.15, -0.1) is 0 Å². The Morgan fingerprint density at radius 1 is 0.561 bits per heavy atom. The van der Waals surface area contributed by atoms with Gasteiger partial charge in [-0.2, -0.15) is 5.26 Å². The minimum Gasteiger partial charge on any atom is -0.454 e. The molecule has 0 radical (unpaired) electrons. The molecule has 4 nitrogen and oxygen atoms in total. The molecule has 5 aromatic carbocycles. The molecule has 2 heterocycles. The molecule has 0 amide bonds. The summed E-state index contributed by atoms with van der Waals surface area (Å²) < 4.78 is 6.40. The lowest BCUT2D eigenvalue weighted by atomic mass is 9.62. The molecule has 7 rings (SSSR count). The first kappa shape index (κ1) is 24.4. The molecule has 0 bridgehead atoms. The van der Waals surface area contributed by atoms with E-state index in [2.05, 4.69) is 131 Å². The molecule has 0 saturated heterocycles. The second kappa shape index (κ2) is 10.1. The number of para-hydroxylation sites is 4. The fourth-order valence-electron chi connectivity index (χ4n) is 6.03. The van der Waals surface area contributed by atoms with Gasteiger partial charge in [0.2, 0.25) is 0 Å². The van der Waals surface area contributed by atoms with Gasteiger partial charge < -0.3 is 9.64 Å². The van der Waals surface area contributed by atoms with Crippen LogP contribution in [0.25, 0.3) is 0 Å².